The van der Waals surface area contributed by atoms with Crippen molar-refractivity contribution in [2.24, 2.45) is 0 Å². The van der Waals surface area contributed by atoms with Crippen LogP contribution in [0.5, 0.6) is 0 Å². The fourth-order valence-corrected chi connectivity index (χ4v) is 13.5. The Balaban J connectivity index is 1.13. The van der Waals surface area contributed by atoms with Gasteiger partial charge in [0.1, 0.15) is 0 Å². The van der Waals surface area contributed by atoms with Gasteiger partial charge >= 0.3 is 0 Å². The van der Waals surface area contributed by atoms with Crippen molar-refractivity contribution < 1.29 is 0 Å². The van der Waals surface area contributed by atoms with Crippen LogP contribution in [0.4, 0.5) is 34.1 Å². The Hall–Kier alpha value is -6.51. The highest BCUT2D eigenvalue weighted by Crippen LogP contribution is 2.66. The third-order valence-corrected chi connectivity index (χ3v) is 16.4. The second kappa shape index (κ2) is 11.5. The van der Waals surface area contributed by atoms with Crippen LogP contribution in [0.1, 0.15) is 97.5 Å². The molecule has 4 heteroatoms. The first kappa shape index (κ1) is 35.1. The maximum Gasteiger partial charge on any atom is 0.246 e. The van der Waals surface area contributed by atoms with E-state index in [0.717, 1.165) is 0 Å². The molecule has 14 rings (SSSR count). The predicted octanol–water partition coefficient (Wildman–Crippen LogP) is 9.70. The molecule has 1 aliphatic carbocycles. The maximum atomic E-state index is 2.78. The molecule has 5 heterocycles. The summed E-state index contributed by atoms with van der Waals surface area (Å²) in [4.78, 5) is 5.52. The van der Waals surface area contributed by atoms with Crippen molar-refractivity contribution >= 4 is 80.3 Å². The molecule has 62 heavy (non-hydrogen) atoms. The van der Waals surface area contributed by atoms with Crippen LogP contribution in [0, 0.1) is 0 Å². The van der Waals surface area contributed by atoms with Gasteiger partial charge in [0.25, 0.3) is 0 Å². The smallest absolute Gasteiger partial charge is 0.246 e. The van der Waals surface area contributed by atoms with Crippen molar-refractivity contribution in [2.75, 3.05) is 9.80 Å². The Morgan fingerprint density at radius 2 is 0.758 bits per heavy atom. The average Bonchev–Trinajstić information content (AvgIpc) is 3.29. The first-order chi connectivity index (χ1) is 30.1. The summed E-state index contributed by atoms with van der Waals surface area (Å²) in [6.45, 7) is 14.9. The molecule has 0 spiro atoms. The molecule has 0 radical (unpaired) electrons. The Morgan fingerprint density at radius 1 is 0.339 bits per heavy atom. The van der Waals surface area contributed by atoms with Crippen molar-refractivity contribution in [2.45, 2.75) is 63.7 Å². The third kappa shape index (κ3) is 4.02. The largest absolute Gasteiger partial charge is 0.307 e. The van der Waals surface area contributed by atoms with Gasteiger partial charge in [0.15, 0.2) is 0 Å². The maximum absolute atomic E-state index is 2.78. The monoisotopic (exact) mass is 792 g/mol. The molecule has 0 unspecified atom stereocenters. The molecular formula is C58H46B2N2. The summed E-state index contributed by atoms with van der Waals surface area (Å²) in [6, 6.07) is 63.6. The molecule has 8 aromatic carbocycles. The minimum absolute atomic E-state index is 0.0515. The van der Waals surface area contributed by atoms with E-state index in [9.17, 15) is 0 Å². The zero-order valence-electron chi connectivity index (χ0n) is 36.2. The Kier molecular flexibility index (Phi) is 6.51. The Morgan fingerprint density at radius 3 is 1.32 bits per heavy atom. The first-order valence-electron chi connectivity index (χ1n) is 22.6. The van der Waals surface area contributed by atoms with E-state index in [2.05, 4.69) is 215 Å². The molecule has 0 aromatic heterocycles. The van der Waals surface area contributed by atoms with Gasteiger partial charge in [-0.15, -0.1) is 0 Å². The van der Waals surface area contributed by atoms with Crippen LogP contribution < -0.4 is 42.6 Å². The van der Waals surface area contributed by atoms with E-state index < -0.39 is 0 Å². The third-order valence-electron chi connectivity index (χ3n) is 16.4. The number of para-hydroxylation sites is 1. The van der Waals surface area contributed by atoms with Gasteiger partial charge in [0.05, 0.1) is 22.7 Å². The molecule has 0 amide bonds. The highest BCUT2D eigenvalue weighted by molar-refractivity contribution is 6.99. The van der Waals surface area contributed by atoms with E-state index in [4.69, 9.17) is 0 Å². The lowest BCUT2D eigenvalue weighted by Gasteiger charge is -2.57. The molecule has 8 aromatic rings. The van der Waals surface area contributed by atoms with E-state index in [1.54, 1.807) is 0 Å². The Labute approximate surface area is 366 Å². The lowest BCUT2D eigenvalue weighted by Crippen LogP contribution is -2.63. The van der Waals surface area contributed by atoms with E-state index in [1.807, 2.05) is 0 Å². The lowest BCUT2D eigenvalue weighted by atomic mass is 9.33. The fourth-order valence-electron chi connectivity index (χ4n) is 13.5. The van der Waals surface area contributed by atoms with E-state index >= 15 is 0 Å². The van der Waals surface area contributed by atoms with Crippen molar-refractivity contribution in [1.82, 2.24) is 0 Å². The second-order valence-corrected chi connectivity index (χ2v) is 20.4. The van der Waals surface area contributed by atoms with Crippen molar-refractivity contribution in [3.8, 4) is 0 Å². The molecule has 294 valence electrons. The normalized spacial score (nSPS) is 17.7. The van der Waals surface area contributed by atoms with Crippen LogP contribution in [-0.2, 0) is 16.2 Å². The first-order valence-corrected chi connectivity index (χ1v) is 22.6. The van der Waals surface area contributed by atoms with Crippen LogP contribution in [0.2, 0.25) is 0 Å². The molecule has 0 bridgehead atoms. The minimum atomic E-state index is -0.293. The van der Waals surface area contributed by atoms with Gasteiger partial charge in [-0.05, 0) is 71.9 Å². The zero-order valence-corrected chi connectivity index (χ0v) is 36.2. The van der Waals surface area contributed by atoms with Crippen LogP contribution >= 0.6 is 0 Å². The number of hydrogen-bond donors (Lipinski definition) is 0. The molecular weight excluding hydrogens is 746 g/mol. The SMILES string of the molecule is CC1(C)c2ccccc2C(c2cc3c4c(c2)C(C)(C)c2ccc5c6c2N4c2c(ccc4c2N6c2c(cccc2C4(C)C)B5c2ccccc2)B3c2ccccc2)c2ccccc21. The zero-order chi connectivity index (χ0) is 41.6. The molecule has 6 aliphatic rings. The number of hydrogen-bond acceptors (Lipinski definition) is 2. The van der Waals surface area contributed by atoms with Gasteiger partial charge in [0.2, 0.25) is 13.4 Å². The van der Waals surface area contributed by atoms with Crippen LogP contribution in [-0.4, -0.2) is 13.4 Å². The van der Waals surface area contributed by atoms with Gasteiger partial charge in [-0.25, -0.2) is 0 Å². The number of nitrogens with zero attached hydrogens (tertiary/aromatic N) is 2. The highest BCUT2D eigenvalue weighted by Gasteiger charge is 2.56. The Bertz CT molecular complexity index is 3260. The average molecular weight is 793 g/mol. The van der Waals surface area contributed by atoms with E-state index in [-0.39, 0.29) is 35.6 Å². The second-order valence-electron chi connectivity index (χ2n) is 20.4. The van der Waals surface area contributed by atoms with E-state index in [1.165, 1.54) is 117 Å². The molecule has 2 nitrogen and oxygen atoms in total. The van der Waals surface area contributed by atoms with Crippen LogP contribution in [0.25, 0.3) is 0 Å². The van der Waals surface area contributed by atoms with Crippen molar-refractivity contribution in [3.63, 3.8) is 0 Å². The lowest BCUT2D eigenvalue weighted by molar-refractivity contribution is 0.596. The number of rotatable bonds is 3. The minimum Gasteiger partial charge on any atom is -0.307 e. The summed E-state index contributed by atoms with van der Waals surface area (Å²) in [6.07, 6.45) is 0. The van der Waals surface area contributed by atoms with Crippen molar-refractivity contribution in [3.05, 3.63) is 214 Å². The topological polar surface area (TPSA) is 6.48 Å². The molecule has 0 saturated heterocycles. The van der Waals surface area contributed by atoms with Gasteiger partial charge in [-0.3, -0.25) is 0 Å². The van der Waals surface area contributed by atoms with Gasteiger partial charge in [-0.1, -0.05) is 216 Å². The van der Waals surface area contributed by atoms with Crippen molar-refractivity contribution in [1.29, 1.82) is 0 Å². The number of benzene rings is 8. The number of fused-ring (bicyclic) bond motifs is 2. The summed E-state index contributed by atoms with van der Waals surface area (Å²) in [5, 5.41) is 0. The summed E-state index contributed by atoms with van der Waals surface area (Å²) in [5.41, 5.74) is 28.6. The molecule has 0 N–H and O–H groups in total. The molecule has 0 saturated carbocycles. The standard InChI is InChI=1S/C58H46B2N2/c1-56(2)39-24-15-13-22-37(39)49(38-23-14-16-25-40(38)56)34-32-44-51-48(33-34)60(36-20-11-8-12-21-36)47-31-28-42-52-55(47)62(51)53-43(58(44,5)6)29-30-46-54(53)61(52)50-41(57(42,3)4)26-17-27-45(50)59(46)35-18-9-7-10-19-35/h7-33,49H,1-6H3. The summed E-state index contributed by atoms with van der Waals surface area (Å²) >= 11 is 0. The molecule has 0 atom stereocenters. The predicted molar refractivity (Wildman–Crippen MR) is 262 cm³/mol. The van der Waals surface area contributed by atoms with Gasteiger partial charge in [-0.2, -0.15) is 0 Å². The van der Waals surface area contributed by atoms with E-state index in [0.29, 0.717) is 0 Å². The summed E-state index contributed by atoms with van der Waals surface area (Å²) < 4.78 is 0. The summed E-state index contributed by atoms with van der Waals surface area (Å²) in [5.74, 6) is 0.109. The molecule has 5 aliphatic heterocycles. The van der Waals surface area contributed by atoms with Crippen LogP contribution in [0.3, 0.4) is 0 Å². The summed E-state index contributed by atoms with van der Waals surface area (Å²) in [7, 11) is 0. The van der Waals surface area contributed by atoms with Gasteiger partial charge < -0.3 is 9.80 Å². The van der Waals surface area contributed by atoms with Gasteiger partial charge in [0, 0.05) is 33.5 Å². The fraction of sp³-hybridized carbons (Fsp3) is 0.172. The quantitative estimate of drug-likeness (QED) is 0.165. The molecule has 0 fully saturated rings. The van der Waals surface area contributed by atoms with Crippen LogP contribution in [0.15, 0.2) is 164 Å². The highest BCUT2D eigenvalue weighted by atomic mass is 15.3. The number of anilines is 6.